The van der Waals surface area contributed by atoms with Gasteiger partial charge in [0.1, 0.15) is 18.7 Å². The molecule has 1 aromatic carbocycles. The Labute approximate surface area is 153 Å². The van der Waals surface area contributed by atoms with Crippen LogP contribution in [0.3, 0.4) is 0 Å². The van der Waals surface area contributed by atoms with Crippen molar-refractivity contribution in [3.8, 4) is 0 Å². The smallest absolute Gasteiger partial charge is 0.408 e. The summed E-state index contributed by atoms with van der Waals surface area (Å²) in [4.78, 5) is 35.9. The van der Waals surface area contributed by atoms with E-state index in [1.54, 1.807) is 19.1 Å². The lowest BCUT2D eigenvalue weighted by Crippen LogP contribution is -2.58. The summed E-state index contributed by atoms with van der Waals surface area (Å²) in [5.41, 5.74) is 6.11. The predicted molar refractivity (Wildman–Crippen MR) is 95.8 cm³/mol. The third-order valence-electron chi connectivity index (χ3n) is 4.07. The number of ether oxygens (including phenoxy) is 1. The van der Waals surface area contributed by atoms with Crippen LogP contribution in [0.4, 0.5) is 4.79 Å². The fraction of sp³-hybridized carbons (Fsp3) is 0.500. The van der Waals surface area contributed by atoms with Crippen molar-refractivity contribution in [1.29, 1.82) is 0 Å². The van der Waals surface area contributed by atoms with Crippen LogP contribution >= 0.6 is 0 Å². The van der Waals surface area contributed by atoms with Crippen LogP contribution in [0, 0.1) is 5.92 Å². The van der Waals surface area contributed by atoms with Crippen LogP contribution in [0.5, 0.6) is 0 Å². The molecule has 0 saturated heterocycles. The minimum absolute atomic E-state index is 0.0254. The third kappa shape index (κ3) is 6.72. The van der Waals surface area contributed by atoms with Crippen molar-refractivity contribution in [1.82, 2.24) is 10.6 Å². The van der Waals surface area contributed by atoms with Crippen molar-refractivity contribution in [3.63, 3.8) is 0 Å². The lowest BCUT2D eigenvalue weighted by molar-refractivity contribution is -0.131. The molecule has 8 heteroatoms. The summed E-state index contributed by atoms with van der Waals surface area (Å²) in [7, 11) is 0. The van der Waals surface area contributed by atoms with E-state index in [2.05, 4.69) is 10.6 Å². The highest BCUT2D eigenvalue weighted by atomic mass is 16.5. The summed E-state index contributed by atoms with van der Waals surface area (Å²) in [5, 5.41) is 14.6. The summed E-state index contributed by atoms with van der Waals surface area (Å²) >= 11 is 0. The van der Waals surface area contributed by atoms with Gasteiger partial charge in [-0.05, 0) is 18.4 Å². The molecule has 0 aliphatic heterocycles. The zero-order valence-electron chi connectivity index (χ0n) is 15.3. The van der Waals surface area contributed by atoms with Crippen LogP contribution in [0.1, 0.15) is 32.8 Å². The molecule has 1 aromatic rings. The lowest BCUT2D eigenvalue weighted by Gasteiger charge is -2.26. The second-order valence-electron chi connectivity index (χ2n) is 6.20. The Balaban J connectivity index is 2.67. The Morgan fingerprint density at radius 2 is 1.73 bits per heavy atom. The number of benzene rings is 1. The SMILES string of the molecule is CC[C@H](C)[C@@H](NC(=O)[C@@H](NC(=O)OCc1ccccc1)[C@@H](C)O)C(N)=O. The van der Waals surface area contributed by atoms with Gasteiger partial charge in [-0.3, -0.25) is 9.59 Å². The first-order valence-electron chi connectivity index (χ1n) is 8.51. The molecule has 0 aromatic heterocycles. The monoisotopic (exact) mass is 365 g/mol. The quantitative estimate of drug-likeness (QED) is 0.511. The summed E-state index contributed by atoms with van der Waals surface area (Å²) in [6.45, 7) is 5.01. The molecule has 0 unspecified atom stereocenters. The van der Waals surface area contributed by atoms with Gasteiger partial charge in [-0.25, -0.2) is 4.79 Å². The number of rotatable bonds is 9. The molecule has 0 saturated carbocycles. The van der Waals surface area contributed by atoms with Gasteiger partial charge in [-0.1, -0.05) is 50.6 Å². The maximum Gasteiger partial charge on any atom is 0.408 e. The Hall–Kier alpha value is -2.61. The number of hydrogen-bond donors (Lipinski definition) is 4. The number of hydrogen-bond acceptors (Lipinski definition) is 5. The van der Waals surface area contributed by atoms with Crippen LogP contribution < -0.4 is 16.4 Å². The first-order chi connectivity index (χ1) is 12.3. The highest BCUT2D eigenvalue weighted by Crippen LogP contribution is 2.08. The van der Waals surface area contributed by atoms with Crippen LogP contribution in [0.25, 0.3) is 0 Å². The fourth-order valence-electron chi connectivity index (χ4n) is 2.27. The Kier molecular flexibility index (Phi) is 8.57. The number of nitrogens with two attached hydrogens (primary N) is 1. The van der Waals surface area contributed by atoms with Crippen molar-refractivity contribution >= 4 is 17.9 Å². The fourth-order valence-corrected chi connectivity index (χ4v) is 2.27. The van der Waals surface area contributed by atoms with E-state index in [1.165, 1.54) is 6.92 Å². The second kappa shape index (κ2) is 10.4. The number of amides is 3. The molecule has 8 nitrogen and oxygen atoms in total. The van der Waals surface area contributed by atoms with E-state index in [-0.39, 0.29) is 12.5 Å². The number of nitrogens with one attached hydrogen (secondary N) is 2. The van der Waals surface area contributed by atoms with E-state index < -0.39 is 36.1 Å². The maximum absolute atomic E-state index is 12.4. The summed E-state index contributed by atoms with van der Waals surface area (Å²) in [6.07, 6.45) is -1.42. The number of alkyl carbamates (subject to hydrolysis) is 1. The lowest BCUT2D eigenvalue weighted by atomic mass is 9.98. The minimum atomic E-state index is -1.27. The van der Waals surface area contributed by atoms with Crippen molar-refractivity contribution in [3.05, 3.63) is 35.9 Å². The van der Waals surface area contributed by atoms with Gasteiger partial charge in [-0.15, -0.1) is 0 Å². The van der Waals surface area contributed by atoms with Gasteiger partial charge in [0.25, 0.3) is 0 Å². The van der Waals surface area contributed by atoms with Crippen LogP contribution in [-0.4, -0.2) is 41.2 Å². The summed E-state index contributed by atoms with van der Waals surface area (Å²) in [5.74, 6) is -1.57. The Morgan fingerprint density at radius 1 is 1.12 bits per heavy atom. The average Bonchev–Trinajstić information content (AvgIpc) is 2.61. The van der Waals surface area contributed by atoms with E-state index in [0.29, 0.717) is 6.42 Å². The van der Waals surface area contributed by atoms with Crippen LogP contribution in [-0.2, 0) is 20.9 Å². The van der Waals surface area contributed by atoms with Gasteiger partial charge in [0.05, 0.1) is 6.10 Å². The summed E-state index contributed by atoms with van der Waals surface area (Å²) in [6, 6.07) is 6.86. The first-order valence-corrected chi connectivity index (χ1v) is 8.51. The molecule has 5 N–H and O–H groups in total. The van der Waals surface area contributed by atoms with Gasteiger partial charge >= 0.3 is 6.09 Å². The molecule has 1 rings (SSSR count). The molecule has 0 heterocycles. The Bertz CT molecular complexity index is 606. The zero-order chi connectivity index (χ0) is 19.7. The summed E-state index contributed by atoms with van der Waals surface area (Å²) < 4.78 is 5.05. The molecule has 0 spiro atoms. The molecule has 3 amide bonds. The second-order valence-corrected chi connectivity index (χ2v) is 6.20. The van der Waals surface area contributed by atoms with Gasteiger partial charge in [0, 0.05) is 0 Å². The van der Waals surface area contributed by atoms with Gasteiger partial charge < -0.3 is 26.2 Å². The molecule has 0 bridgehead atoms. The molecular weight excluding hydrogens is 338 g/mol. The van der Waals surface area contributed by atoms with Crippen molar-refractivity contribution in [2.24, 2.45) is 11.7 Å². The maximum atomic E-state index is 12.4. The number of carbonyl (C=O) groups excluding carboxylic acids is 3. The molecule has 0 fully saturated rings. The number of carbonyl (C=O) groups is 3. The number of aliphatic hydroxyl groups excluding tert-OH is 1. The molecule has 0 aliphatic rings. The van der Waals surface area contributed by atoms with E-state index >= 15 is 0 Å². The zero-order valence-corrected chi connectivity index (χ0v) is 15.3. The normalized spacial score (nSPS) is 15.2. The first kappa shape index (κ1) is 21.4. The van der Waals surface area contributed by atoms with Gasteiger partial charge in [0.2, 0.25) is 11.8 Å². The predicted octanol–water partition coefficient (Wildman–Crippen LogP) is 0.678. The van der Waals surface area contributed by atoms with Crippen LogP contribution in [0.2, 0.25) is 0 Å². The molecule has 0 radical (unpaired) electrons. The number of aliphatic hydroxyl groups is 1. The molecular formula is C18H27N3O5. The Morgan fingerprint density at radius 3 is 2.23 bits per heavy atom. The largest absolute Gasteiger partial charge is 0.445 e. The van der Waals surface area contributed by atoms with E-state index in [9.17, 15) is 19.5 Å². The minimum Gasteiger partial charge on any atom is -0.445 e. The molecule has 4 atom stereocenters. The molecule has 0 aliphatic carbocycles. The van der Waals surface area contributed by atoms with Crippen molar-refractivity contribution < 1.29 is 24.2 Å². The average molecular weight is 365 g/mol. The van der Waals surface area contributed by atoms with Gasteiger partial charge in [-0.2, -0.15) is 0 Å². The van der Waals surface area contributed by atoms with Crippen molar-refractivity contribution in [2.75, 3.05) is 0 Å². The van der Waals surface area contributed by atoms with Gasteiger partial charge in [0.15, 0.2) is 0 Å². The highest BCUT2D eigenvalue weighted by Gasteiger charge is 2.31. The topological polar surface area (TPSA) is 131 Å². The highest BCUT2D eigenvalue weighted by molar-refractivity contribution is 5.91. The standard InChI is InChI=1S/C18H27N3O5/c1-4-11(2)14(16(19)23)20-17(24)15(12(3)22)21-18(25)26-10-13-8-6-5-7-9-13/h5-9,11-12,14-15,22H,4,10H2,1-3H3,(H2,19,23)(H,20,24)(H,21,25)/t11-,12+,14+,15-/m0/s1. The molecule has 26 heavy (non-hydrogen) atoms. The third-order valence-corrected chi connectivity index (χ3v) is 4.07. The van der Waals surface area contributed by atoms with Crippen LogP contribution in [0.15, 0.2) is 30.3 Å². The van der Waals surface area contributed by atoms with E-state index in [1.807, 2.05) is 25.1 Å². The van der Waals surface area contributed by atoms with E-state index in [0.717, 1.165) is 5.56 Å². The van der Waals surface area contributed by atoms with Crippen molar-refractivity contribution in [2.45, 2.75) is 52.0 Å². The number of primary amides is 1. The van der Waals surface area contributed by atoms with E-state index in [4.69, 9.17) is 10.5 Å². The molecule has 144 valence electrons.